The molecule has 5 rings (SSSR count). The number of carbonyl (C=O) groups excluding carboxylic acids is 2. The van der Waals surface area contributed by atoms with Gasteiger partial charge in [-0.2, -0.15) is 9.97 Å². The van der Waals surface area contributed by atoms with Crippen LogP contribution in [0.1, 0.15) is 69.2 Å². The molecule has 2 heterocycles. The second-order valence-electron chi connectivity index (χ2n) is 12.3. The van der Waals surface area contributed by atoms with E-state index in [1.807, 2.05) is 13.8 Å². The third kappa shape index (κ3) is 10.3. The van der Waals surface area contributed by atoms with Crippen LogP contribution in [-0.2, 0) is 4.79 Å². The van der Waals surface area contributed by atoms with Crippen molar-refractivity contribution in [2.75, 3.05) is 44.3 Å². The minimum atomic E-state index is -4.77. The van der Waals surface area contributed by atoms with Crippen molar-refractivity contribution < 1.29 is 37.0 Å². The fourth-order valence-corrected chi connectivity index (χ4v) is 6.04. The fourth-order valence-electron chi connectivity index (χ4n) is 6.04. The number of rotatable bonds is 16. The summed E-state index contributed by atoms with van der Waals surface area (Å²) in [7, 11) is 0. The Morgan fingerprint density at radius 3 is 2.18 bits per heavy atom. The monoisotopic (exact) mass is 683 g/mol. The Morgan fingerprint density at radius 1 is 0.918 bits per heavy atom. The highest BCUT2D eigenvalue weighted by Gasteiger charge is 2.32. The van der Waals surface area contributed by atoms with E-state index in [2.05, 4.69) is 24.9 Å². The first kappa shape index (κ1) is 35.9. The average Bonchev–Trinajstić information content (AvgIpc) is 3.90. The molecule has 13 heteroatoms. The third-order valence-corrected chi connectivity index (χ3v) is 8.65. The van der Waals surface area contributed by atoms with Crippen molar-refractivity contribution in [1.82, 2.24) is 20.2 Å². The highest BCUT2D eigenvalue weighted by molar-refractivity contribution is 6.01. The van der Waals surface area contributed by atoms with E-state index < -0.39 is 6.36 Å². The lowest BCUT2D eigenvalue weighted by atomic mass is 9.98. The number of benzene rings is 2. The van der Waals surface area contributed by atoms with Gasteiger partial charge >= 0.3 is 6.36 Å². The highest BCUT2D eigenvalue weighted by atomic mass is 19.4. The van der Waals surface area contributed by atoms with Crippen molar-refractivity contribution in [2.24, 2.45) is 5.92 Å². The predicted octanol–water partition coefficient (Wildman–Crippen LogP) is 6.65. The van der Waals surface area contributed by atoms with Gasteiger partial charge in [0.25, 0.3) is 5.91 Å². The largest absolute Gasteiger partial charge is 0.573 e. The summed E-state index contributed by atoms with van der Waals surface area (Å²) in [5, 5.41) is 3.15. The quantitative estimate of drug-likeness (QED) is 0.168. The van der Waals surface area contributed by atoms with E-state index in [1.165, 1.54) is 30.6 Å². The van der Waals surface area contributed by atoms with Gasteiger partial charge in [0.2, 0.25) is 17.7 Å². The summed E-state index contributed by atoms with van der Waals surface area (Å²) in [4.78, 5) is 39.5. The standard InChI is InChI=1S/C36H44F3N5O5/c1-3-47-34-32(35(48-4-2)41-24-40-34)44(31(45)23-25-11-12-25)20-8-7-19-43-21-17-27(18-22-43)42-33(46)30-10-6-5-9-29(30)26-13-15-28(16-14-26)49-36(37,38)39/h5-6,9-10,13-16,24-25,27H,3-4,7-8,11-12,17-23H2,1-2H3,(H,42,46). The lowest BCUT2D eigenvalue weighted by molar-refractivity contribution is -0.274. The van der Waals surface area contributed by atoms with Crippen LogP contribution in [0.4, 0.5) is 18.9 Å². The van der Waals surface area contributed by atoms with Gasteiger partial charge in [-0.25, -0.2) is 0 Å². The number of unbranched alkanes of at least 4 members (excludes halogenated alkanes) is 1. The minimum Gasteiger partial charge on any atom is -0.476 e. The molecular formula is C36H44F3N5O5. The first-order valence-corrected chi connectivity index (χ1v) is 17.0. The van der Waals surface area contributed by atoms with Gasteiger partial charge in [0.15, 0.2) is 5.69 Å². The van der Waals surface area contributed by atoms with Crippen molar-refractivity contribution in [1.29, 1.82) is 0 Å². The van der Waals surface area contributed by atoms with Crippen molar-refractivity contribution >= 4 is 17.5 Å². The molecule has 264 valence electrons. The van der Waals surface area contributed by atoms with E-state index in [-0.39, 0.29) is 23.6 Å². The van der Waals surface area contributed by atoms with Crippen LogP contribution in [0.2, 0.25) is 0 Å². The summed E-state index contributed by atoms with van der Waals surface area (Å²) in [5.41, 5.74) is 2.21. The molecule has 0 spiro atoms. The van der Waals surface area contributed by atoms with Crippen molar-refractivity contribution in [3.63, 3.8) is 0 Å². The van der Waals surface area contributed by atoms with Gasteiger partial charge < -0.3 is 29.3 Å². The predicted molar refractivity (Wildman–Crippen MR) is 179 cm³/mol. The van der Waals surface area contributed by atoms with E-state index in [0.717, 1.165) is 58.2 Å². The topological polar surface area (TPSA) is 106 Å². The van der Waals surface area contributed by atoms with Crippen molar-refractivity contribution in [3.8, 4) is 28.6 Å². The molecule has 1 aliphatic carbocycles. The Labute approximate surface area is 285 Å². The number of ether oxygens (including phenoxy) is 3. The second-order valence-corrected chi connectivity index (χ2v) is 12.3. The summed E-state index contributed by atoms with van der Waals surface area (Å²) < 4.78 is 53.3. The Bertz CT molecular complexity index is 1520. The Balaban J connectivity index is 1.12. The van der Waals surface area contributed by atoms with Gasteiger partial charge in [0.05, 0.1) is 13.2 Å². The van der Waals surface area contributed by atoms with Crippen LogP contribution in [0.25, 0.3) is 11.1 Å². The average molecular weight is 684 g/mol. The maximum absolute atomic E-state index is 13.5. The molecule has 1 N–H and O–H groups in total. The normalized spacial score (nSPS) is 15.4. The summed E-state index contributed by atoms with van der Waals surface area (Å²) in [6, 6.07) is 12.6. The van der Waals surface area contributed by atoms with Crippen LogP contribution in [0, 0.1) is 5.92 Å². The SMILES string of the molecule is CCOc1ncnc(OCC)c1N(CCCCN1CCC(NC(=O)c2ccccc2-c2ccc(OC(F)(F)F)cc2)CC1)C(=O)CC1CC1. The molecule has 2 aromatic carbocycles. The lowest BCUT2D eigenvalue weighted by Crippen LogP contribution is -2.45. The number of hydrogen-bond donors (Lipinski definition) is 1. The Kier molecular flexibility index (Phi) is 12.3. The third-order valence-electron chi connectivity index (χ3n) is 8.65. The number of nitrogens with one attached hydrogen (secondary N) is 1. The molecule has 3 aromatic rings. The molecule has 1 aromatic heterocycles. The summed E-state index contributed by atoms with van der Waals surface area (Å²) in [6.07, 6.45) is 2.49. The Hall–Kier alpha value is -4.39. The van der Waals surface area contributed by atoms with Crippen LogP contribution in [0.5, 0.6) is 17.5 Å². The van der Waals surface area contributed by atoms with Crippen molar-refractivity contribution in [3.05, 3.63) is 60.4 Å². The number of hydrogen-bond acceptors (Lipinski definition) is 8. The zero-order valence-electron chi connectivity index (χ0n) is 28.0. The molecular weight excluding hydrogens is 639 g/mol. The van der Waals surface area contributed by atoms with E-state index >= 15 is 0 Å². The smallest absolute Gasteiger partial charge is 0.476 e. The van der Waals surface area contributed by atoms with E-state index in [9.17, 15) is 22.8 Å². The molecule has 1 saturated heterocycles. The first-order valence-electron chi connectivity index (χ1n) is 17.0. The van der Waals surface area contributed by atoms with Crippen LogP contribution in [-0.4, -0.2) is 78.5 Å². The molecule has 0 bridgehead atoms. The number of carbonyl (C=O) groups is 2. The first-order chi connectivity index (χ1) is 23.6. The zero-order valence-corrected chi connectivity index (χ0v) is 28.0. The molecule has 0 unspecified atom stereocenters. The molecule has 1 aliphatic heterocycles. The Morgan fingerprint density at radius 2 is 1.57 bits per heavy atom. The molecule has 2 aliphatic rings. The number of amides is 2. The molecule has 2 fully saturated rings. The molecule has 10 nitrogen and oxygen atoms in total. The molecule has 1 saturated carbocycles. The highest BCUT2D eigenvalue weighted by Crippen LogP contribution is 2.38. The number of alkyl halides is 3. The molecule has 2 amide bonds. The van der Waals surface area contributed by atoms with Gasteiger partial charge in [0, 0.05) is 37.7 Å². The summed E-state index contributed by atoms with van der Waals surface area (Å²) in [6.45, 7) is 7.58. The van der Waals surface area contributed by atoms with Gasteiger partial charge in [0.1, 0.15) is 12.1 Å². The fraction of sp³-hybridized carbons (Fsp3) is 0.500. The maximum atomic E-state index is 13.5. The van der Waals surface area contributed by atoms with Gasteiger partial charge in [-0.1, -0.05) is 30.3 Å². The van der Waals surface area contributed by atoms with Gasteiger partial charge in [-0.05, 0) is 94.2 Å². The van der Waals surface area contributed by atoms with Crippen LogP contribution >= 0.6 is 0 Å². The molecule has 0 atom stereocenters. The minimum absolute atomic E-state index is 0.00181. The van der Waals surface area contributed by atoms with Crippen molar-refractivity contribution in [2.45, 2.75) is 71.2 Å². The van der Waals surface area contributed by atoms with E-state index in [1.54, 1.807) is 29.2 Å². The molecule has 0 radical (unpaired) electrons. The number of aromatic nitrogens is 2. The lowest BCUT2D eigenvalue weighted by Gasteiger charge is -2.32. The van der Waals surface area contributed by atoms with Gasteiger partial charge in [-0.15, -0.1) is 13.2 Å². The number of nitrogens with zero attached hydrogens (tertiary/aromatic N) is 4. The van der Waals surface area contributed by atoms with Crippen LogP contribution in [0.15, 0.2) is 54.9 Å². The number of piperidine rings is 1. The second kappa shape index (κ2) is 16.8. The number of likely N-dealkylation sites (tertiary alicyclic amines) is 1. The van der Waals surface area contributed by atoms with Crippen LogP contribution in [0.3, 0.4) is 0 Å². The van der Waals surface area contributed by atoms with E-state index in [0.29, 0.717) is 66.2 Å². The number of anilines is 1. The zero-order chi connectivity index (χ0) is 34.8. The van der Waals surface area contributed by atoms with Crippen LogP contribution < -0.4 is 24.4 Å². The van der Waals surface area contributed by atoms with Gasteiger partial charge in [-0.3, -0.25) is 9.59 Å². The number of halogens is 3. The van der Waals surface area contributed by atoms with E-state index in [4.69, 9.17) is 9.47 Å². The molecule has 49 heavy (non-hydrogen) atoms. The maximum Gasteiger partial charge on any atom is 0.573 e. The summed E-state index contributed by atoms with van der Waals surface area (Å²) >= 11 is 0. The summed E-state index contributed by atoms with van der Waals surface area (Å²) in [5.74, 6) is 0.625.